The molecule has 19 heavy (non-hydrogen) atoms. The van der Waals surface area contributed by atoms with E-state index >= 15 is 0 Å². The second-order valence-electron chi connectivity index (χ2n) is 4.56. The minimum absolute atomic E-state index is 0.206. The van der Waals surface area contributed by atoms with Crippen LogP contribution in [0.5, 0.6) is 0 Å². The maximum Gasteiger partial charge on any atom is 0.257 e. The fourth-order valence-corrected chi connectivity index (χ4v) is 2.89. The van der Waals surface area contributed by atoms with Crippen molar-refractivity contribution in [3.05, 3.63) is 5.56 Å². The van der Waals surface area contributed by atoms with E-state index in [1.165, 1.54) is 18.0 Å². The van der Waals surface area contributed by atoms with Crippen LogP contribution in [0.1, 0.15) is 36.0 Å². The molecule has 1 amide bonds. The fraction of sp³-hybridized carbons (Fsp3) is 0.667. The first-order chi connectivity index (χ1) is 9.22. The van der Waals surface area contributed by atoms with E-state index in [0.717, 1.165) is 37.4 Å². The van der Waals surface area contributed by atoms with Crippen LogP contribution in [0.15, 0.2) is 0 Å². The molecule has 0 spiro atoms. The molecule has 2 heterocycles. The lowest BCUT2D eigenvalue weighted by Crippen LogP contribution is -2.23. The molecule has 0 bridgehead atoms. The topological polar surface area (TPSA) is 89.3 Å². The molecule has 0 aromatic carbocycles. The molecule has 4 N–H and O–H groups in total. The van der Waals surface area contributed by atoms with Crippen LogP contribution >= 0.6 is 11.5 Å². The summed E-state index contributed by atoms with van der Waals surface area (Å²) in [6.45, 7) is 1.62. The number of anilines is 2. The van der Waals surface area contributed by atoms with E-state index in [-0.39, 0.29) is 11.7 Å². The van der Waals surface area contributed by atoms with Crippen LogP contribution in [0.25, 0.3) is 0 Å². The average molecular weight is 284 g/mol. The van der Waals surface area contributed by atoms with Crippen molar-refractivity contribution in [3.8, 4) is 0 Å². The SMILES string of the molecule is CNC(=O)c1c(N)nsc1NCCC1CCCCO1. The summed E-state index contributed by atoms with van der Waals surface area (Å²) in [5.41, 5.74) is 6.15. The van der Waals surface area contributed by atoms with Gasteiger partial charge in [0, 0.05) is 20.2 Å². The normalized spacial score (nSPS) is 19.1. The number of nitrogen functional groups attached to an aromatic ring is 1. The number of carbonyl (C=O) groups is 1. The summed E-state index contributed by atoms with van der Waals surface area (Å²) >= 11 is 1.22. The number of nitrogens with one attached hydrogen (secondary N) is 2. The lowest BCUT2D eigenvalue weighted by Gasteiger charge is -2.22. The van der Waals surface area contributed by atoms with E-state index in [0.29, 0.717) is 11.7 Å². The van der Waals surface area contributed by atoms with E-state index in [9.17, 15) is 4.79 Å². The Balaban J connectivity index is 1.87. The van der Waals surface area contributed by atoms with E-state index in [2.05, 4.69) is 15.0 Å². The summed E-state index contributed by atoms with van der Waals surface area (Å²) in [5.74, 6) is 0.0726. The van der Waals surface area contributed by atoms with Gasteiger partial charge in [-0.15, -0.1) is 0 Å². The summed E-state index contributed by atoms with van der Waals surface area (Å²) in [5, 5.41) is 6.53. The summed E-state index contributed by atoms with van der Waals surface area (Å²) in [6, 6.07) is 0. The molecule has 0 saturated carbocycles. The third kappa shape index (κ3) is 3.57. The number of nitrogens with two attached hydrogens (primary N) is 1. The standard InChI is InChI=1S/C12H20N4O2S/c1-14-11(17)9-10(13)16-19-12(9)15-6-5-8-4-2-3-7-18-8/h8,15H,2-7H2,1H3,(H2,13,16)(H,14,17). The van der Waals surface area contributed by atoms with Crippen LogP contribution in [0.3, 0.4) is 0 Å². The van der Waals surface area contributed by atoms with Crippen LogP contribution in [0.2, 0.25) is 0 Å². The molecule has 1 fully saturated rings. The highest BCUT2D eigenvalue weighted by molar-refractivity contribution is 7.11. The summed E-state index contributed by atoms with van der Waals surface area (Å²) in [7, 11) is 1.58. The predicted octanol–water partition coefficient (Wildman–Crippen LogP) is 1.46. The van der Waals surface area contributed by atoms with Gasteiger partial charge in [0.2, 0.25) is 0 Å². The van der Waals surface area contributed by atoms with Gasteiger partial charge in [-0.25, -0.2) is 0 Å². The molecule has 1 saturated heterocycles. The third-order valence-corrected chi connectivity index (χ3v) is 4.02. The molecular weight excluding hydrogens is 264 g/mol. The maximum atomic E-state index is 11.7. The molecule has 1 aromatic rings. The number of hydrogen-bond acceptors (Lipinski definition) is 6. The maximum absolute atomic E-state index is 11.7. The van der Waals surface area contributed by atoms with Crippen molar-refractivity contribution in [2.24, 2.45) is 0 Å². The van der Waals surface area contributed by atoms with Crippen LogP contribution in [-0.2, 0) is 4.74 Å². The van der Waals surface area contributed by atoms with Crippen LogP contribution < -0.4 is 16.4 Å². The summed E-state index contributed by atoms with van der Waals surface area (Å²) < 4.78 is 9.68. The van der Waals surface area contributed by atoms with Gasteiger partial charge >= 0.3 is 0 Å². The van der Waals surface area contributed by atoms with Gasteiger partial charge in [0.25, 0.3) is 5.91 Å². The van der Waals surface area contributed by atoms with Gasteiger partial charge < -0.3 is 21.1 Å². The molecule has 1 aliphatic heterocycles. The molecule has 2 rings (SSSR count). The fourth-order valence-electron chi connectivity index (χ4n) is 2.15. The Morgan fingerprint density at radius 1 is 1.58 bits per heavy atom. The van der Waals surface area contributed by atoms with Crippen molar-refractivity contribution in [2.45, 2.75) is 31.8 Å². The van der Waals surface area contributed by atoms with Gasteiger partial charge in [-0.05, 0) is 37.2 Å². The highest BCUT2D eigenvalue weighted by atomic mass is 32.1. The number of amides is 1. The van der Waals surface area contributed by atoms with E-state index in [1.54, 1.807) is 7.05 Å². The Bertz CT molecular complexity index is 429. The number of rotatable bonds is 5. The Hall–Kier alpha value is -1.34. The van der Waals surface area contributed by atoms with Crippen molar-refractivity contribution in [1.29, 1.82) is 0 Å². The van der Waals surface area contributed by atoms with Gasteiger partial charge in [0.1, 0.15) is 10.6 Å². The smallest absolute Gasteiger partial charge is 0.257 e. The van der Waals surface area contributed by atoms with Crippen LogP contribution in [-0.4, -0.2) is 36.6 Å². The highest BCUT2D eigenvalue weighted by Gasteiger charge is 2.19. The number of aromatic nitrogens is 1. The molecule has 1 aliphatic rings. The van der Waals surface area contributed by atoms with Crippen molar-refractivity contribution in [2.75, 3.05) is 31.2 Å². The zero-order valence-electron chi connectivity index (χ0n) is 11.1. The highest BCUT2D eigenvalue weighted by Crippen LogP contribution is 2.26. The first kappa shape index (κ1) is 14.1. The predicted molar refractivity (Wildman–Crippen MR) is 76.6 cm³/mol. The number of carbonyl (C=O) groups excluding carboxylic acids is 1. The Morgan fingerprint density at radius 3 is 3.11 bits per heavy atom. The Labute approximate surface area is 116 Å². The number of ether oxygens (including phenoxy) is 1. The Kier molecular flexibility index (Phi) is 4.98. The van der Waals surface area contributed by atoms with Crippen molar-refractivity contribution in [3.63, 3.8) is 0 Å². The van der Waals surface area contributed by atoms with E-state index < -0.39 is 0 Å². The summed E-state index contributed by atoms with van der Waals surface area (Å²) in [6.07, 6.45) is 4.78. The van der Waals surface area contributed by atoms with E-state index in [1.807, 2.05) is 0 Å². The van der Waals surface area contributed by atoms with Crippen molar-refractivity contribution in [1.82, 2.24) is 9.69 Å². The van der Waals surface area contributed by atoms with Gasteiger partial charge in [-0.2, -0.15) is 4.37 Å². The number of nitrogens with zero attached hydrogens (tertiary/aromatic N) is 1. The van der Waals surface area contributed by atoms with E-state index in [4.69, 9.17) is 10.5 Å². The molecule has 7 heteroatoms. The third-order valence-electron chi connectivity index (χ3n) is 3.20. The minimum atomic E-state index is -0.206. The Morgan fingerprint density at radius 2 is 2.42 bits per heavy atom. The molecule has 1 aromatic heterocycles. The molecular formula is C12H20N4O2S. The minimum Gasteiger partial charge on any atom is -0.382 e. The monoisotopic (exact) mass is 284 g/mol. The summed E-state index contributed by atoms with van der Waals surface area (Å²) in [4.78, 5) is 11.7. The zero-order valence-corrected chi connectivity index (χ0v) is 11.9. The van der Waals surface area contributed by atoms with Crippen LogP contribution in [0.4, 0.5) is 10.8 Å². The molecule has 0 radical (unpaired) electrons. The first-order valence-electron chi connectivity index (χ1n) is 6.55. The second-order valence-corrected chi connectivity index (χ2v) is 5.33. The molecule has 106 valence electrons. The van der Waals surface area contributed by atoms with Crippen molar-refractivity contribution >= 4 is 28.3 Å². The van der Waals surface area contributed by atoms with Crippen LogP contribution in [0, 0.1) is 0 Å². The number of hydrogen-bond donors (Lipinski definition) is 3. The zero-order chi connectivity index (χ0) is 13.7. The van der Waals surface area contributed by atoms with Gasteiger partial charge in [0.05, 0.1) is 6.10 Å². The molecule has 0 aliphatic carbocycles. The largest absolute Gasteiger partial charge is 0.382 e. The van der Waals surface area contributed by atoms with Gasteiger partial charge in [-0.1, -0.05) is 0 Å². The quantitative estimate of drug-likeness (QED) is 0.761. The molecule has 1 atom stereocenters. The molecule has 6 nitrogen and oxygen atoms in total. The molecule has 1 unspecified atom stereocenters. The van der Waals surface area contributed by atoms with Gasteiger partial charge in [0.15, 0.2) is 5.82 Å². The lowest BCUT2D eigenvalue weighted by atomic mass is 10.1. The lowest BCUT2D eigenvalue weighted by molar-refractivity contribution is 0.0134. The first-order valence-corrected chi connectivity index (χ1v) is 7.32. The second kappa shape index (κ2) is 6.72. The average Bonchev–Trinajstić information content (AvgIpc) is 2.80. The van der Waals surface area contributed by atoms with Gasteiger partial charge in [-0.3, -0.25) is 4.79 Å². The van der Waals surface area contributed by atoms with Crippen molar-refractivity contribution < 1.29 is 9.53 Å².